The first-order chi connectivity index (χ1) is 22.9. The van der Waals surface area contributed by atoms with Crippen LogP contribution in [0, 0.1) is 0 Å². The lowest BCUT2D eigenvalue weighted by molar-refractivity contribution is -0.137. The van der Waals surface area contributed by atoms with E-state index in [0.29, 0.717) is 31.5 Å². The predicted octanol–water partition coefficient (Wildman–Crippen LogP) is 6.65. The van der Waals surface area contributed by atoms with Crippen molar-refractivity contribution < 1.29 is 28.7 Å². The molecular formula is C38H42N4O6. The number of nitrogens with one attached hydrogen (secondary N) is 3. The number of likely N-dealkylation sites (tertiary alicyclic amines) is 1. The number of ketones is 1. The van der Waals surface area contributed by atoms with Crippen LogP contribution < -0.4 is 15.4 Å². The maximum atomic E-state index is 13.4. The number of alkyl carbamates (subject to hydrolysis) is 1. The van der Waals surface area contributed by atoms with E-state index in [1.165, 1.54) is 11.0 Å². The molecule has 0 spiro atoms. The largest absolute Gasteiger partial charge is 0.497 e. The Balaban J connectivity index is 1.36. The molecule has 1 fully saturated rings. The van der Waals surface area contributed by atoms with Crippen LogP contribution in [0.1, 0.15) is 46.1 Å². The highest BCUT2D eigenvalue weighted by molar-refractivity contribution is 6.05. The van der Waals surface area contributed by atoms with E-state index in [1.54, 1.807) is 34.8 Å². The van der Waals surface area contributed by atoms with Crippen molar-refractivity contribution in [2.75, 3.05) is 19.0 Å². The van der Waals surface area contributed by atoms with Gasteiger partial charge in [0.1, 0.15) is 29.2 Å². The Kier molecular flexibility index (Phi) is 10.0. The van der Waals surface area contributed by atoms with E-state index in [0.717, 1.165) is 44.6 Å². The van der Waals surface area contributed by atoms with E-state index < -0.39 is 29.7 Å². The molecule has 1 saturated heterocycles. The van der Waals surface area contributed by atoms with Gasteiger partial charge < -0.3 is 30.0 Å². The number of nitrogens with zero attached hydrogens (tertiary/aromatic N) is 1. The Hall–Kier alpha value is -5.38. The molecule has 10 nitrogen and oxygen atoms in total. The van der Waals surface area contributed by atoms with Crippen molar-refractivity contribution >= 4 is 40.3 Å². The quantitative estimate of drug-likeness (QED) is 0.165. The van der Waals surface area contributed by atoms with E-state index in [4.69, 9.17) is 9.47 Å². The summed E-state index contributed by atoms with van der Waals surface area (Å²) >= 11 is 0. The van der Waals surface area contributed by atoms with E-state index >= 15 is 0 Å². The Bertz CT molecular complexity index is 1840. The van der Waals surface area contributed by atoms with Gasteiger partial charge in [-0.1, -0.05) is 36.4 Å². The van der Waals surface area contributed by atoms with Gasteiger partial charge in [-0.25, -0.2) is 4.79 Å². The summed E-state index contributed by atoms with van der Waals surface area (Å²) in [6.07, 6.45) is 2.11. The summed E-state index contributed by atoms with van der Waals surface area (Å²) in [5.41, 5.74) is 5.51. The number of benzene rings is 3. The summed E-state index contributed by atoms with van der Waals surface area (Å²) in [7, 11) is 1.63. The van der Waals surface area contributed by atoms with Gasteiger partial charge in [-0.3, -0.25) is 14.4 Å². The van der Waals surface area contributed by atoms with Gasteiger partial charge in [0.25, 0.3) is 0 Å². The molecule has 3 N–H and O–H groups in total. The normalized spacial score (nSPS) is 15.1. The zero-order valence-electron chi connectivity index (χ0n) is 28.0. The van der Waals surface area contributed by atoms with Crippen LogP contribution in [-0.2, 0) is 25.5 Å². The second kappa shape index (κ2) is 14.2. The molecule has 1 aliphatic heterocycles. The first kappa shape index (κ1) is 34.0. The van der Waals surface area contributed by atoms with E-state index in [1.807, 2.05) is 60.7 Å². The number of hydrogen-bond acceptors (Lipinski definition) is 6. The van der Waals surface area contributed by atoms with Gasteiger partial charge in [-0.05, 0) is 93.6 Å². The standard InChI is InChI=1S/C38H42N4O6/c1-7-30(41-37(46)48-38(3,4)5)36(45)42-20-8-9-32(42)35(44)39-27-15-11-26(12-16-27)34-33(25-13-17-28(47-6)18-14-25)29-22-24(21-23(2)43)10-19-31(29)40-34/h7,10-19,22,30,32,40H,1,8-9,20-21H2,2-6H3,(H,39,44)(H,41,46)/t30-,32+/m1/s1. The highest BCUT2D eigenvalue weighted by Crippen LogP contribution is 2.39. The van der Waals surface area contributed by atoms with Crippen molar-refractivity contribution in [1.82, 2.24) is 15.2 Å². The van der Waals surface area contributed by atoms with E-state index in [-0.39, 0.29) is 11.7 Å². The summed E-state index contributed by atoms with van der Waals surface area (Å²) in [4.78, 5) is 56.0. The average molecular weight is 651 g/mol. The molecule has 0 saturated carbocycles. The molecule has 4 aromatic rings. The molecule has 48 heavy (non-hydrogen) atoms. The SMILES string of the molecule is C=C[C@@H](NC(=O)OC(C)(C)C)C(=O)N1CCC[C@H]1C(=O)Nc1ccc(-c2[nH]c3ccc(CC(C)=O)cc3c2-c2ccc(OC)cc2)cc1. The van der Waals surface area contributed by atoms with Crippen molar-refractivity contribution in [3.05, 3.63) is 84.9 Å². The Morgan fingerprint density at radius 2 is 1.71 bits per heavy atom. The van der Waals surface area contributed by atoms with Crippen molar-refractivity contribution in [3.8, 4) is 28.1 Å². The Labute approximate surface area is 280 Å². The maximum absolute atomic E-state index is 13.4. The number of hydrogen-bond donors (Lipinski definition) is 3. The fraction of sp³-hybridized carbons (Fsp3) is 0.316. The Morgan fingerprint density at radius 1 is 1.02 bits per heavy atom. The van der Waals surface area contributed by atoms with Crippen LogP contribution in [0.25, 0.3) is 33.3 Å². The minimum atomic E-state index is -1.03. The monoisotopic (exact) mass is 650 g/mol. The lowest BCUT2D eigenvalue weighted by Crippen LogP contribution is -2.52. The third kappa shape index (κ3) is 7.76. The molecule has 10 heteroatoms. The first-order valence-corrected chi connectivity index (χ1v) is 16.0. The number of Topliss-reactive ketones (excluding diaryl/α,β-unsaturated/α-hetero) is 1. The fourth-order valence-corrected chi connectivity index (χ4v) is 5.99. The number of ether oxygens (including phenoxy) is 2. The van der Waals surface area contributed by atoms with Gasteiger partial charge >= 0.3 is 6.09 Å². The van der Waals surface area contributed by atoms with Gasteiger partial charge in [0.2, 0.25) is 11.8 Å². The van der Waals surface area contributed by atoms with Crippen LogP contribution in [0.4, 0.5) is 10.5 Å². The van der Waals surface area contributed by atoms with Gasteiger partial charge in [0.15, 0.2) is 0 Å². The average Bonchev–Trinajstić information content (AvgIpc) is 3.68. The summed E-state index contributed by atoms with van der Waals surface area (Å²) in [5.74, 6) is 0.118. The van der Waals surface area contributed by atoms with E-state index in [9.17, 15) is 19.2 Å². The number of rotatable bonds is 10. The van der Waals surface area contributed by atoms with Gasteiger partial charge in [0, 0.05) is 35.1 Å². The first-order valence-electron chi connectivity index (χ1n) is 16.0. The molecular weight excluding hydrogens is 608 g/mol. The molecule has 1 aliphatic rings. The molecule has 250 valence electrons. The molecule has 0 radical (unpaired) electrons. The highest BCUT2D eigenvalue weighted by Gasteiger charge is 2.37. The summed E-state index contributed by atoms with van der Waals surface area (Å²) in [6, 6.07) is 19.6. The zero-order chi connectivity index (χ0) is 34.6. The van der Waals surface area contributed by atoms with Crippen LogP contribution in [0.15, 0.2) is 79.4 Å². The molecule has 3 amide bonds. The molecule has 2 atom stereocenters. The second-order valence-corrected chi connectivity index (χ2v) is 13.0. The molecule has 5 rings (SSSR count). The lowest BCUT2D eigenvalue weighted by Gasteiger charge is -2.28. The second-order valence-electron chi connectivity index (χ2n) is 13.0. The molecule has 0 aliphatic carbocycles. The summed E-state index contributed by atoms with van der Waals surface area (Å²) in [6.45, 7) is 10.9. The van der Waals surface area contributed by atoms with Crippen LogP contribution in [0.2, 0.25) is 0 Å². The molecule has 3 aromatic carbocycles. The number of aromatic nitrogens is 1. The lowest BCUT2D eigenvalue weighted by atomic mass is 9.96. The number of fused-ring (bicyclic) bond motifs is 1. The number of carbonyl (C=O) groups is 4. The summed E-state index contributed by atoms with van der Waals surface area (Å²) in [5, 5.41) is 6.50. The van der Waals surface area contributed by atoms with Crippen LogP contribution in [0.5, 0.6) is 5.75 Å². The van der Waals surface area contributed by atoms with Crippen molar-refractivity contribution in [3.63, 3.8) is 0 Å². The molecule has 0 unspecified atom stereocenters. The van der Waals surface area contributed by atoms with Crippen molar-refractivity contribution in [1.29, 1.82) is 0 Å². The molecule has 2 heterocycles. The number of amides is 3. The fourth-order valence-electron chi connectivity index (χ4n) is 5.99. The van der Waals surface area contributed by atoms with Gasteiger partial charge in [-0.15, -0.1) is 6.58 Å². The van der Waals surface area contributed by atoms with Crippen LogP contribution in [-0.4, -0.2) is 64.9 Å². The maximum Gasteiger partial charge on any atom is 0.408 e. The third-order valence-corrected chi connectivity index (χ3v) is 8.15. The smallest absolute Gasteiger partial charge is 0.408 e. The number of H-pyrrole nitrogens is 1. The van der Waals surface area contributed by atoms with Crippen molar-refractivity contribution in [2.45, 2.75) is 64.6 Å². The van der Waals surface area contributed by atoms with E-state index in [2.05, 4.69) is 28.3 Å². The number of methoxy groups -OCH3 is 1. The Morgan fingerprint density at radius 3 is 2.33 bits per heavy atom. The third-order valence-electron chi connectivity index (χ3n) is 8.15. The molecule has 0 bridgehead atoms. The zero-order valence-corrected chi connectivity index (χ0v) is 28.0. The van der Waals surface area contributed by atoms with Gasteiger partial charge in [0.05, 0.1) is 12.8 Å². The minimum Gasteiger partial charge on any atom is -0.497 e. The predicted molar refractivity (Wildman–Crippen MR) is 187 cm³/mol. The molecule has 1 aromatic heterocycles. The van der Waals surface area contributed by atoms with Crippen molar-refractivity contribution in [2.24, 2.45) is 0 Å². The number of anilines is 1. The number of aromatic amines is 1. The minimum absolute atomic E-state index is 0.0943. The van der Waals surface area contributed by atoms with Crippen LogP contribution >= 0.6 is 0 Å². The van der Waals surface area contributed by atoms with Crippen LogP contribution in [0.3, 0.4) is 0 Å². The topological polar surface area (TPSA) is 130 Å². The number of carbonyl (C=O) groups excluding carboxylic acids is 4. The van der Waals surface area contributed by atoms with Gasteiger partial charge in [-0.2, -0.15) is 0 Å². The summed E-state index contributed by atoms with van der Waals surface area (Å²) < 4.78 is 10.7. The highest BCUT2D eigenvalue weighted by atomic mass is 16.6.